The van der Waals surface area contributed by atoms with E-state index in [4.69, 9.17) is 23.2 Å². The van der Waals surface area contributed by atoms with E-state index in [-0.39, 0.29) is 0 Å². The number of halogens is 2. The third-order valence-electron chi connectivity index (χ3n) is 4.03. The highest BCUT2D eigenvalue weighted by atomic mass is 35.5. The zero-order valence-electron chi connectivity index (χ0n) is 12.2. The average molecular weight is 342 g/mol. The first-order valence-electron chi connectivity index (χ1n) is 7.36. The molecule has 0 unspecified atom stereocenters. The summed E-state index contributed by atoms with van der Waals surface area (Å²) in [5.74, 6) is 0. The molecule has 4 rings (SSSR count). The van der Waals surface area contributed by atoms with Gasteiger partial charge in [0.1, 0.15) is 0 Å². The smallest absolute Gasteiger partial charge is 0.0738 e. The molecule has 1 aliphatic rings. The molecule has 0 radical (unpaired) electrons. The second-order valence-corrected chi connectivity index (χ2v) is 6.36. The number of fused-ring (bicyclic) bond motifs is 2. The van der Waals surface area contributed by atoms with E-state index in [0.717, 1.165) is 40.2 Å². The Hall–Kier alpha value is -2.10. The van der Waals surface area contributed by atoms with Crippen LogP contribution in [0.5, 0.6) is 0 Å². The Morgan fingerprint density at radius 1 is 0.957 bits per heavy atom. The van der Waals surface area contributed by atoms with Gasteiger partial charge in [-0.05, 0) is 54.8 Å². The molecule has 0 spiro atoms. The van der Waals surface area contributed by atoms with E-state index in [1.54, 1.807) is 6.20 Å². The minimum Gasteiger partial charge on any atom is -0.277 e. The summed E-state index contributed by atoms with van der Waals surface area (Å²) in [7, 11) is 0. The van der Waals surface area contributed by atoms with Gasteiger partial charge in [-0.15, -0.1) is 0 Å². The maximum absolute atomic E-state index is 6.05. The predicted octanol–water partition coefficient (Wildman–Crippen LogP) is 5.30. The molecule has 0 aliphatic heterocycles. The molecule has 23 heavy (non-hydrogen) atoms. The highest BCUT2D eigenvalue weighted by molar-refractivity contribution is 6.31. The van der Waals surface area contributed by atoms with Gasteiger partial charge in [0.15, 0.2) is 0 Å². The van der Waals surface area contributed by atoms with E-state index in [2.05, 4.69) is 15.5 Å². The number of hydrazone groups is 1. The molecule has 3 aromatic rings. The summed E-state index contributed by atoms with van der Waals surface area (Å²) < 4.78 is 0. The molecule has 1 N–H and O–H groups in total. The van der Waals surface area contributed by atoms with E-state index in [1.165, 1.54) is 11.1 Å². The number of pyridine rings is 1. The number of rotatable bonds is 2. The van der Waals surface area contributed by atoms with Crippen molar-refractivity contribution in [1.29, 1.82) is 0 Å². The summed E-state index contributed by atoms with van der Waals surface area (Å²) in [6.45, 7) is 0. The van der Waals surface area contributed by atoms with Crippen LogP contribution in [-0.2, 0) is 6.42 Å². The molecule has 0 bridgehead atoms. The molecule has 1 aromatic heterocycles. The molecule has 0 fully saturated rings. The number of aromatic nitrogens is 1. The molecule has 0 saturated carbocycles. The van der Waals surface area contributed by atoms with Crippen molar-refractivity contribution in [2.75, 3.05) is 5.43 Å². The number of nitrogens with zero attached hydrogens (tertiary/aromatic N) is 2. The molecular formula is C18H13Cl2N3. The van der Waals surface area contributed by atoms with E-state index < -0.39 is 0 Å². The Balaban J connectivity index is 1.68. The van der Waals surface area contributed by atoms with Crippen LogP contribution in [0.1, 0.15) is 17.5 Å². The summed E-state index contributed by atoms with van der Waals surface area (Å²) in [5.41, 5.74) is 8.42. The van der Waals surface area contributed by atoms with Gasteiger partial charge in [-0.3, -0.25) is 10.4 Å². The van der Waals surface area contributed by atoms with Crippen LogP contribution in [0.25, 0.3) is 10.9 Å². The zero-order valence-corrected chi connectivity index (χ0v) is 13.7. The normalized spacial score (nSPS) is 15.1. The van der Waals surface area contributed by atoms with Crippen LogP contribution in [0, 0.1) is 0 Å². The summed E-state index contributed by atoms with van der Waals surface area (Å²) >= 11 is 12.1. The largest absolute Gasteiger partial charge is 0.277 e. The van der Waals surface area contributed by atoms with Crippen molar-refractivity contribution < 1.29 is 0 Å². The molecule has 1 heterocycles. The summed E-state index contributed by atoms with van der Waals surface area (Å²) in [6, 6.07) is 13.5. The summed E-state index contributed by atoms with van der Waals surface area (Å²) in [4.78, 5) is 4.34. The summed E-state index contributed by atoms with van der Waals surface area (Å²) in [5, 5.41) is 7.04. The molecule has 1 aliphatic carbocycles. The number of aryl methyl sites for hydroxylation is 1. The van der Waals surface area contributed by atoms with Crippen LogP contribution >= 0.6 is 23.2 Å². The van der Waals surface area contributed by atoms with Gasteiger partial charge >= 0.3 is 0 Å². The molecule has 114 valence electrons. The van der Waals surface area contributed by atoms with Gasteiger partial charge in [0.25, 0.3) is 0 Å². The molecule has 3 nitrogen and oxygen atoms in total. The van der Waals surface area contributed by atoms with Crippen LogP contribution in [-0.4, -0.2) is 10.7 Å². The lowest BCUT2D eigenvalue weighted by Crippen LogP contribution is -2.00. The first kappa shape index (κ1) is 14.5. The van der Waals surface area contributed by atoms with Crippen molar-refractivity contribution in [1.82, 2.24) is 4.98 Å². The lowest BCUT2D eigenvalue weighted by atomic mass is 10.1. The number of anilines is 1. The summed E-state index contributed by atoms with van der Waals surface area (Å²) in [6.07, 6.45) is 3.64. The Labute approximate surface area is 144 Å². The number of hydrogen-bond donors (Lipinski definition) is 1. The zero-order chi connectivity index (χ0) is 15.8. The standard InChI is InChI=1S/C18H13Cl2N3/c19-12-2-4-14-11(9-12)1-6-16(14)22-23-17-7-8-21-18-10-13(20)3-5-15(17)18/h2-5,7-10H,1,6H2,(H,21,23)/b22-16+. The quantitative estimate of drug-likeness (QED) is 0.641. The Bertz CT molecular complexity index is 935. The van der Waals surface area contributed by atoms with Crippen LogP contribution in [0.2, 0.25) is 10.0 Å². The van der Waals surface area contributed by atoms with Gasteiger partial charge in [-0.25, -0.2) is 0 Å². The minimum absolute atomic E-state index is 0.676. The van der Waals surface area contributed by atoms with Gasteiger partial charge in [0.05, 0.1) is 16.9 Å². The first-order chi connectivity index (χ1) is 11.2. The fourth-order valence-electron chi connectivity index (χ4n) is 2.90. The molecule has 2 aromatic carbocycles. The molecule has 0 amide bonds. The van der Waals surface area contributed by atoms with E-state index in [0.29, 0.717) is 5.02 Å². The number of benzene rings is 2. The van der Waals surface area contributed by atoms with E-state index in [9.17, 15) is 0 Å². The number of hydrogen-bond acceptors (Lipinski definition) is 3. The predicted molar refractivity (Wildman–Crippen MR) is 96.7 cm³/mol. The highest BCUT2D eigenvalue weighted by Crippen LogP contribution is 2.27. The average Bonchev–Trinajstić information content (AvgIpc) is 2.94. The van der Waals surface area contributed by atoms with Crippen molar-refractivity contribution in [2.24, 2.45) is 5.10 Å². The molecule has 0 atom stereocenters. The monoisotopic (exact) mass is 341 g/mol. The Morgan fingerprint density at radius 2 is 1.78 bits per heavy atom. The van der Waals surface area contributed by atoms with Crippen LogP contribution in [0.4, 0.5) is 5.69 Å². The van der Waals surface area contributed by atoms with E-state index in [1.807, 2.05) is 42.5 Å². The van der Waals surface area contributed by atoms with Gasteiger partial charge in [-0.1, -0.05) is 29.3 Å². The van der Waals surface area contributed by atoms with Crippen LogP contribution < -0.4 is 5.43 Å². The Kier molecular flexibility index (Phi) is 3.68. The SMILES string of the molecule is Clc1ccc2c(c1)CC/C2=N\Nc1ccnc2cc(Cl)ccc12. The maximum Gasteiger partial charge on any atom is 0.0738 e. The van der Waals surface area contributed by atoms with Gasteiger partial charge in [-0.2, -0.15) is 5.10 Å². The fourth-order valence-corrected chi connectivity index (χ4v) is 3.26. The van der Waals surface area contributed by atoms with Crippen LogP contribution in [0.15, 0.2) is 53.8 Å². The third-order valence-corrected chi connectivity index (χ3v) is 4.50. The second-order valence-electron chi connectivity index (χ2n) is 5.49. The maximum atomic E-state index is 6.05. The van der Waals surface area contributed by atoms with Crippen molar-refractivity contribution >= 4 is 45.5 Å². The minimum atomic E-state index is 0.676. The molecular weight excluding hydrogens is 329 g/mol. The lowest BCUT2D eigenvalue weighted by Gasteiger charge is -2.07. The van der Waals surface area contributed by atoms with Crippen molar-refractivity contribution in [3.8, 4) is 0 Å². The third kappa shape index (κ3) is 2.78. The first-order valence-corrected chi connectivity index (χ1v) is 8.12. The van der Waals surface area contributed by atoms with Crippen molar-refractivity contribution in [3.05, 3.63) is 69.8 Å². The second kappa shape index (κ2) is 5.84. The highest BCUT2D eigenvalue weighted by Gasteiger charge is 2.18. The van der Waals surface area contributed by atoms with Gasteiger partial charge in [0.2, 0.25) is 0 Å². The van der Waals surface area contributed by atoms with E-state index >= 15 is 0 Å². The van der Waals surface area contributed by atoms with Gasteiger partial charge < -0.3 is 0 Å². The fraction of sp³-hybridized carbons (Fsp3) is 0.111. The molecule has 0 saturated heterocycles. The molecule has 5 heteroatoms. The topological polar surface area (TPSA) is 37.3 Å². The van der Waals surface area contributed by atoms with Crippen molar-refractivity contribution in [2.45, 2.75) is 12.8 Å². The Morgan fingerprint density at radius 3 is 2.70 bits per heavy atom. The number of nitrogens with one attached hydrogen (secondary N) is 1. The van der Waals surface area contributed by atoms with Crippen LogP contribution in [0.3, 0.4) is 0 Å². The lowest BCUT2D eigenvalue weighted by molar-refractivity contribution is 1.09. The van der Waals surface area contributed by atoms with Gasteiger partial charge in [0, 0.05) is 27.2 Å². The van der Waals surface area contributed by atoms with Crippen molar-refractivity contribution in [3.63, 3.8) is 0 Å².